The molecule has 3 nitrogen and oxygen atoms in total. The van der Waals surface area contributed by atoms with Gasteiger partial charge >= 0.3 is 0 Å². The minimum atomic E-state index is 0.277. The topological polar surface area (TPSA) is 44.5 Å². The number of benzene rings is 1. The molecular weight excluding hydrogens is 210 g/mol. The monoisotopic (exact) mass is 223 g/mol. The molecule has 0 spiro atoms. The van der Waals surface area contributed by atoms with E-state index in [9.17, 15) is 0 Å². The lowest BCUT2D eigenvalue weighted by Crippen LogP contribution is -2.22. The van der Waals surface area contributed by atoms with Gasteiger partial charge in [0.2, 0.25) is 6.79 Å². The largest absolute Gasteiger partial charge is 0.454 e. The van der Waals surface area contributed by atoms with E-state index in [-0.39, 0.29) is 6.04 Å². The van der Waals surface area contributed by atoms with Crippen LogP contribution in [0.1, 0.15) is 12.0 Å². The van der Waals surface area contributed by atoms with E-state index < -0.39 is 0 Å². The highest BCUT2D eigenvalue weighted by Crippen LogP contribution is 2.40. The second-order valence-electron chi connectivity index (χ2n) is 3.91. The van der Waals surface area contributed by atoms with Gasteiger partial charge in [-0.05, 0) is 36.3 Å². The lowest BCUT2D eigenvalue weighted by atomic mass is 10.0. The minimum Gasteiger partial charge on any atom is -0.454 e. The molecule has 1 aromatic carbocycles. The van der Waals surface area contributed by atoms with Gasteiger partial charge in [0, 0.05) is 10.9 Å². The summed E-state index contributed by atoms with van der Waals surface area (Å²) < 4.78 is 10.7. The molecule has 2 aliphatic rings. The zero-order chi connectivity index (χ0) is 10.3. The molecule has 1 aromatic rings. The van der Waals surface area contributed by atoms with Gasteiger partial charge in [0.15, 0.2) is 11.5 Å². The van der Waals surface area contributed by atoms with Gasteiger partial charge in [-0.3, -0.25) is 0 Å². The first-order valence-electron chi connectivity index (χ1n) is 5.14. The number of ether oxygens (including phenoxy) is 2. The molecule has 0 aromatic heterocycles. The maximum absolute atomic E-state index is 6.01. The zero-order valence-electron chi connectivity index (χ0n) is 8.36. The molecule has 0 aliphatic carbocycles. The van der Waals surface area contributed by atoms with E-state index in [4.69, 9.17) is 15.2 Å². The highest BCUT2D eigenvalue weighted by molar-refractivity contribution is 7.99. The Kier molecular flexibility index (Phi) is 2.25. The summed E-state index contributed by atoms with van der Waals surface area (Å²) in [4.78, 5) is 1.30. The van der Waals surface area contributed by atoms with Gasteiger partial charge in [0.05, 0.1) is 0 Å². The Morgan fingerprint density at radius 2 is 2.07 bits per heavy atom. The van der Waals surface area contributed by atoms with Crippen molar-refractivity contribution in [2.45, 2.75) is 23.8 Å². The van der Waals surface area contributed by atoms with Crippen LogP contribution in [0.4, 0.5) is 0 Å². The molecule has 80 valence electrons. The Bertz CT molecular complexity index is 394. The number of rotatable bonds is 0. The van der Waals surface area contributed by atoms with Crippen molar-refractivity contribution in [3.63, 3.8) is 0 Å². The smallest absolute Gasteiger partial charge is 0.231 e. The second kappa shape index (κ2) is 3.61. The third-order valence-electron chi connectivity index (χ3n) is 2.78. The van der Waals surface area contributed by atoms with Crippen molar-refractivity contribution < 1.29 is 9.47 Å². The molecule has 1 unspecified atom stereocenters. The zero-order valence-corrected chi connectivity index (χ0v) is 9.18. The molecule has 4 heteroatoms. The predicted molar refractivity (Wildman–Crippen MR) is 59.6 cm³/mol. The van der Waals surface area contributed by atoms with E-state index in [0.717, 1.165) is 30.1 Å². The highest BCUT2D eigenvalue weighted by Gasteiger charge is 2.20. The fourth-order valence-electron chi connectivity index (χ4n) is 1.96. The summed E-state index contributed by atoms with van der Waals surface area (Å²) in [5.41, 5.74) is 7.31. The van der Waals surface area contributed by atoms with Crippen LogP contribution in [0.3, 0.4) is 0 Å². The summed E-state index contributed by atoms with van der Waals surface area (Å²) in [6, 6.07) is 4.44. The van der Waals surface area contributed by atoms with Gasteiger partial charge in [-0.25, -0.2) is 0 Å². The van der Waals surface area contributed by atoms with E-state index in [2.05, 4.69) is 12.1 Å². The van der Waals surface area contributed by atoms with Crippen molar-refractivity contribution >= 4 is 11.8 Å². The Labute approximate surface area is 92.9 Å². The summed E-state index contributed by atoms with van der Waals surface area (Å²) in [7, 11) is 0. The summed E-state index contributed by atoms with van der Waals surface area (Å²) in [5, 5.41) is 0. The van der Waals surface area contributed by atoms with Crippen molar-refractivity contribution in [3.05, 3.63) is 17.7 Å². The van der Waals surface area contributed by atoms with Crippen LogP contribution in [0, 0.1) is 0 Å². The Morgan fingerprint density at radius 3 is 2.93 bits per heavy atom. The summed E-state index contributed by atoms with van der Waals surface area (Å²) in [6.45, 7) is 0.342. The quantitative estimate of drug-likeness (QED) is 0.728. The van der Waals surface area contributed by atoms with Gasteiger partial charge in [-0.2, -0.15) is 0 Å². The van der Waals surface area contributed by atoms with E-state index in [1.165, 1.54) is 10.5 Å². The Morgan fingerprint density at radius 1 is 1.27 bits per heavy atom. The summed E-state index contributed by atoms with van der Waals surface area (Å²) in [6.07, 6.45) is 2.02. The average Bonchev–Trinajstić information content (AvgIpc) is 2.57. The number of nitrogens with two attached hydrogens (primary N) is 1. The van der Waals surface area contributed by atoms with Crippen molar-refractivity contribution in [1.82, 2.24) is 0 Å². The predicted octanol–water partition coefficient (Wildman–Crippen LogP) is 1.78. The lowest BCUT2D eigenvalue weighted by molar-refractivity contribution is 0.174. The maximum atomic E-state index is 6.01. The van der Waals surface area contributed by atoms with Crippen molar-refractivity contribution in [2.24, 2.45) is 5.73 Å². The van der Waals surface area contributed by atoms with E-state index >= 15 is 0 Å². The highest BCUT2D eigenvalue weighted by atomic mass is 32.2. The van der Waals surface area contributed by atoms with Gasteiger partial charge in [-0.15, -0.1) is 11.8 Å². The summed E-state index contributed by atoms with van der Waals surface area (Å²) >= 11 is 1.86. The Hall–Kier alpha value is -0.870. The standard InChI is InChI=1S/C11H13NO2S/c12-8-1-2-15-11-5-10-9(13-6-14-10)4-7(11)3-8/h4-5,8H,1-3,6,12H2. The molecule has 2 heterocycles. The third kappa shape index (κ3) is 1.68. The van der Waals surface area contributed by atoms with Crippen molar-refractivity contribution in [3.8, 4) is 11.5 Å². The molecule has 0 saturated heterocycles. The molecular formula is C11H13NO2S. The van der Waals surface area contributed by atoms with Crippen LogP contribution in [0.5, 0.6) is 11.5 Å². The molecule has 0 amide bonds. The van der Waals surface area contributed by atoms with Crippen LogP contribution in [-0.2, 0) is 6.42 Å². The molecule has 3 rings (SSSR count). The van der Waals surface area contributed by atoms with E-state index in [1.807, 2.05) is 11.8 Å². The first-order chi connectivity index (χ1) is 7.33. The fraction of sp³-hybridized carbons (Fsp3) is 0.455. The second-order valence-corrected chi connectivity index (χ2v) is 5.05. The van der Waals surface area contributed by atoms with Crippen LogP contribution in [-0.4, -0.2) is 18.6 Å². The summed E-state index contributed by atoms with van der Waals surface area (Å²) in [5.74, 6) is 2.83. The molecule has 0 bridgehead atoms. The lowest BCUT2D eigenvalue weighted by Gasteiger charge is -2.08. The van der Waals surface area contributed by atoms with Crippen LogP contribution >= 0.6 is 11.8 Å². The van der Waals surface area contributed by atoms with Crippen LogP contribution in [0.15, 0.2) is 17.0 Å². The van der Waals surface area contributed by atoms with Gasteiger partial charge in [0.25, 0.3) is 0 Å². The van der Waals surface area contributed by atoms with Crippen LogP contribution in [0.25, 0.3) is 0 Å². The minimum absolute atomic E-state index is 0.277. The number of thioether (sulfide) groups is 1. The number of hydrogen-bond acceptors (Lipinski definition) is 4. The van der Waals surface area contributed by atoms with Gasteiger partial charge in [-0.1, -0.05) is 0 Å². The third-order valence-corrected chi connectivity index (χ3v) is 3.91. The number of fused-ring (bicyclic) bond motifs is 2. The van der Waals surface area contributed by atoms with E-state index in [0.29, 0.717) is 6.79 Å². The fourth-order valence-corrected chi connectivity index (χ4v) is 3.12. The van der Waals surface area contributed by atoms with Gasteiger partial charge < -0.3 is 15.2 Å². The first-order valence-corrected chi connectivity index (χ1v) is 6.12. The molecule has 0 radical (unpaired) electrons. The first kappa shape index (κ1) is 9.36. The Balaban J connectivity index is 2.03. The van der Waals surface area contributed by atoms with Gasteiger partial charge in [0.1, 0.15) is 0 Å². The average molecular weight is 223 g/mol. The molecule has 1 atom stereocenters. The molecule has 0 fully saturated rings. The maximum Gasteiger partial charge on any atom is 0.231 e. The van der Waals surface area contributed by atoms with Crippen molar-refractivity contribution in [2.75, 3.05) is 12.5 Å². The van der Waals surface area contributed by atoms with Crippen LogP contribution < -0.4 is 15.2 Å². The van der Waals surface area contributed by atoms with E-state index in [1.54, 1.807) is 0 Å². The SMILES string of the molecule is NC1CCSc2cc3c(cc2C1)OCO3. The molecule has 15 heavy (non-hydrogen) atoms. The molecule has 2 N–H and O–H groups in total. The van der Waals surface area contributed by atoms with Crippen LogP contribution in [0.2, 0.25) is 0 Å². The normalized spacial score (nSPS) is 23.4. The molecule has 2 aliphatic heterocycles. The number of hydrogen-bond donors (Lipinski definition) is 1. The molecule has 0 saturated carbocycles. The van der Waals surface area contributed by atoms with Crippen molar-refractivity contribution in [1.29, 1.82) is 0 Å².